The quantitative estimate of drug-likeness (QED) is 0.394. The molecule has 0 spiro atoms. The van der Waals surface area contributed by atoms with E-state index in [1.807, 2.05) is 37.7 Å². The summed E-state index contributed by atoms with van der Waals surface area (Å²) in [6, 6.07) is 5.63. The second-order valence-corrected chi connectivity index (χ2v) is 8.58. The largest absolute Gasteiger partial charge is 0.491 e. The fourth-order valence-corrected chi connectivity index (χ4v) is 3.71. The number of hydrogen-bond donors (Lipinski definition) is 2. The van der Waals surface area contributed by atoms with E-state index in [0.29, 0.717) is 29.7 Å². The Morgan fingerprint density at radius 2 is 2.12 bits per heavy atom. The van der Waals surface area contributed by atoms with Gasteiger partial charge in [0.2, 0.25) is 5.91 Å². The van der Waals surface area contributed by atoms with Crippen molar-refractivity contribution in [1.82, 2.24) is 24.6 Å². The number of fused-ring (bicyclic) bond motifs is 2. The van der Waals surface area contributed by atoms with E-state index >= 15 is 0 Å². The fourth-order valence-electron chi connectivity index (χ4n) is 3.46. The number of aromatic nitrogens is 5. The van der Waals surface area contributed by atoms with E-state index < -0.39 is 0 Å². The number of nitrogens with one attached hydrogen (secondary N) is 2. The summed E-state index contributed by atoms with van der Waals surface area (Å²) < 4.78 is 7.48. The number of anilines is 2. The molecule has 1 amide bonds. The molecule has 0 aromatic carbocycles. The number of carbonyl (C=O) groups is 1. The fraction of sp³-hybridized carbons (Fsp3) is 0.318. The van der Waals surface area contributed by atoms with Gasteiger partial charge in [0.05, 0.1) is 12.8 Å². The summed E-state index contributed by atoms with van der Waals surface area (Å²) in [7, 11) is 1.81. The molecular weight excluding hydrogens is 426 g/mol. The van der Waals surface area contributed by atoms with Crippen LogP contribution in [0.5, 0.6) is 5.75 Å². The number of nitrogens with zero attached hydrogens (tertiary/aromatic N) is 5. The molecular formula is C22H23N7O2S. The predicted octanol–water partition coefficient (Wildman–Crippen LogP) is 3.47. The van der Waals surface area contributed by atoms with Crippen molar-refractivity contribution in [3.8, 4) is 17.1 Å². The maximum Gasteiger partial charge on any atom is 0.228 e. The topological polar surface area (TPSA) is 106 Å². The zero-order valence-electron chi connectivity index (χ0n) is 17.8. The van der Waals surface area contributed by atoms with Crippen molar-refractivity contribution in [2.75, 3.05) is 36.3 Å². The molecule has 2 N–H and O–H groups in total. The summed E-state index contributed by atoms with van der Waals surface area (Å²) in [5.41, 5.74) is 1.47. The number of carbonyl (C=O) groups excluding carboxylic acids is 1. The lowest BCUT2D eigenvalue weighted by molar-refractivity contribution is -0.117. The van der Waals surface area contributed by atoms with E-state index in [2.05, 4.69) is 30.7 Å². The Labute approximate surface area is 189 Å². The normalized spacial score (nSPS) is 13.4. The van der Waals surface area contributed by atoms with Gasteiger partial charge in [-0.2, -0.15) is 11.8 Å². The van der Waals surface area contributed by atoms with Crippen molar-refractivity contribution in [3.05, 3.63) is 36.8 Å². The maximum atomic E-state index is 12.2. The summed E-state index contributed by atoms with van der Waals surface area (Å²) in [4.78, 5) is 25.8. The van der Waals surface area contributed by atoms with Crippen molar-refractivity contribution in [2.45, 2.75) is 12.8 Å². The molecule has 1 saturated carbocycles. The summed E-state index contributed by atoms with van der Waals surface area (Å²) in [6.07, 6.45) is 9.21. The molecule has 164 valence electrons. The van der Waals surface area contributed by atoms with Crippen molar-refractivity contribution in [1.29, 1.82) is 0 Å². The van der Waals surface area contributed by atoms with Crippen LogP contribution in [-0.4, -0.2) is 56.1 Å². The molecule has 9 nitrogen and oxygen atoms in total. The first-order valence-corrected chi connectivity index (χ1v) is 11.8. The van der Waals surface area contributed by atoms with Crippen LogP contribution < -0.4 is 15.4 Å². The molecule has 4 heterocycles. The number of ether oxygens (including phenoxy) is 1. The monoisotopic (exact) mass is 449 g/mol. The molecule has 4 aromatic rings. The van der Waals surface area contributed by atoms with Crippen molar-refractivity contribution in [2.24, 2.45) is 5.92 Å². The van der Waals surface area contributed by atoms with Gasteiger partial charge in [-0.05, 0) is 37.3 Å². The van der Waals surface area contributed by atoms with E-state index in [1.54, 1.807) is 28.7 Å². The van der Waals surface area contributed by atoms with Crippen LogP contribution in [0.25, 0.3) is 27.8 Å². The highest BCUT2D eigenvalue weighted by atomic mass is 32.2. The maximum absolute atomic E-state index is 12.2. The van der Waals surface area contributed by atoms with E-state index in [1.165, 1.54) is 0 Å². The minimum atomic E-state index is 0.0150. The van der Waals surface area contributed by atoms with Crippen LogP contribution in [0.4, 0.5) is 11.6 Å². The molecule has 1 aliphatic rings. The van der Waals surface area contributed by atoms with Crippen LogP contribution in [0.15, 0.2) is 36.8 Å². The van der Waals surface area contributed by atoms with Crippen LogP contribution in [0, 0.1) is 5.92 Å². The zero-order valence-corrected chi connectivity index (χ0v) is 18.6. The highest BCUT2D eigenvalue weighted by Gasteiger charge is 2.30. The lowest BCUT2D eigenvalue weighted by Gasteiger charge is -2.10. The Kier molecular flexibility index (Phi) is 5.52. The molecule has 1 aliphatic carbocycles. The van der Waals surface area contributed by atoms with Gasteiger partial charge in [0.25, 0.3) is 0 Å². The Morgan fingerprint density at radius 3 is 2.91 bits per heavy atom. The minimum absolute atomic E-state index is 0.0150. The Bertz CT molecular complexity index is 1300. The molecule has 0 atom stereocenters. The molecule has 32 heavy (non-hydrogen) atoms. The average Bonchev–Trinajstić information content (AvgIpc) is 3.58. The third kappa shape index (κ3) is 4.05. The number of amides is 1. The first-order valence-electron chi connectivity index (χ1n) is 10.4. The predicted molar refractivity (Wildman–Crippen MR) is 126 cm³/mol. The number of rotatable bonds is 8. The third-order valence-electron chi connectivity index (χ3n) is 5.31. The van der Waals surface area contributed by atoms with E-state index in [0.717, 1.165) is 40.7 Å². The molecule has 1 fully saturated rings. The molecule has 0 bridgehead atoms. The second-order valence-electron chi connectivity index (χ2n) is 7.59. The summed E-state index contributed by atoms with van der Waals surface area (Å²) in [5.74, 6) is 3.53. The Balaban J connectivity index is 1.54. The van der Waals surface area contributed by atoms with Crippen LogP contribution in [0.2, 0.25) is 0 Å². The molecule has 0 aliphatic heterocycles. The van der Waals surface area contributed by atoms with E-state index in [4.69, 9.17) is 4.74 Å². The molecule has 0 unspecified atom stereocenters. The average molecular weight is 450 g/mol. The second kappa shape index (κ2) is 8.62. The van der Waals surface area contributed by atoms with Crippen LogP contribution in [-0.2, 0) is 4.79 Å². The van der Waals surface area contributed by atoms with E-state index in [-0.39, 0.29) is 11.8 Å². The molecule has 10 heteroatoms. The summed E-state index contributed by atoms with van der Waals surface area (Å²) in [5, 5.41) is 12.4. The minimum Gasteiger partial charge on any atom is -0.491 e. The lowest BCUT2D eigenvalue weighted by Crippen LogP contribution is -2.14. The zero-order chi connectivity index (χ0) is 22.1. The van der Waals surface area contributed by atoms with Gasteiger partial charge in [-0.1, -0.05) is 0 Å². The molecule has 4 aromatic heterocycles. The number of hydrogen-bond acceptors (Lipinski definition) is 8. The first kappa shape index (κ1) is 20.5. The summed E-state index contributed by atoms with van der Waals surface area (Å²) >= 11 is 1.74. The van der Waals surface area contributed by atoms with Gasteiger partial charge < -0.3 is 15.4 Å². The van der Waals surface area contributed by atoms with Gasteiger partial charge in [0.1, 0.15) is 17.4 Å². The smallest absolute Gasteiger partial charge is 0.228 e. The van der Waals surface area contributed by atoms with Crippen LogP contribution >= 0.6 is 11.8 Å². The van der Waals surface area contributed by atoms with Gasteiger partial charge in [0, 0.05) is 47.4 Å². The van der Waals surface area contributed by atoms with E-state index in [9.17, 15) is 4.79 Å². The standard InChI is InChI=1S/C22H23N7O2S/c1-23-20-16-10-24-18(26-22(30)13-3-4-13)9-15(16)17(11-25-20)21-27-19-6-5-14(12-29(19)28-21)31-7-8-32-2/h5-6,9-13H,3-4,7-8H2,1-2H3,(H,23,25)(H,24,26,30). The van der Waals surface area contributed by atoms with Crippen molar-refractivity contribution in [3.63, 3.8) is 0 Å². The third-order valence-corrected chi connectivity index (χ3v) is 5.88. The Hall–Kier alpha value is -3.40. The summed E-state index contributed by atoms with van der Waals surface area (Å²) in [6.45, 7) is 0.636. The van der Waals surface area contributed by atoms with Crippen molar-refractivity contribution < 1.29 is 9.53 Å². The van der Waals surface area contributed by atoms with Gasteiger partial charge in [-0.15, -0.1) is 5.10 Å². The Morgan fingerprint density at radius 1 is 1.25 bits per heavy atom. The van der Waals surface area contributed by atoms with Gasteiger partial charge in [0.15, 0.2) is 11.5 Å². The van der Waals surface area contributed by atoms with Gasteiger partial charge in [-0.3, -0.25) is 4.79 Å². The highest BCUT2D eigenvalue weighted by Crippen LogP contribution is 2.33. The number of pyridine rings is 3. The molecule has 5 rings (SSSR count). The SMILES string of the molecule is CNc1ncc(-c2nc3ccc(OCCSC)cn3n2)c2cc(NC(=O)C3CC3)ncc12. The van der Waals surface area contributed by atoms with Gasteiger partial charge >= 0.3 is 0 Å². The van der Waals surface area contributed by atoms with Crippen LogP contribution in [0.3, 0.4) is 0 Å². The first-order chi connectivity index (χ1) is 15.7. The highest BCUT2D eigenvalue weighted by molar-refractivity contribution is 7.98. The van der Waals surface area contributed by atoms with Crippen LogP contribution in [0.1, 0.15) is 12.8 Å². The number of thioether (sulfide) groups is 1. The van der Waals surface area contributed by atoms with Crippen molar-refractivity contribution >= 4 is 45.7 Å². The van der Waals surface area contributed by atoms with Gasteiger partial charge in [-0.25, -0.2) is 19.5 Å². The molecule has 0 saturated heterocycles. The molecule has 0 radical (unpaired) electrons. The lowest BCUT2D eigenvalue weighted by atomic mass is 10.1.